The van der Waals surface area contributed by atoms with Gasteiger partial charge in [0.25, 0.3) is 6.43 Å². The molecule has 0 unspecified atom stereocenters. The maximum absolute atomic E-state index is 15.1. The van der Waals surface area contributed by atoms with Crippen molar-refractivity contribution in [2.75, 3.05) is 6.61 Å². The van der Waals surface area contributed by atoms with Crippen LogP contribution in [0, 0.1) is 0 Å². The zero-order chi connectivity index (χ0) is 32.4. The number of esters is 2. The van der Waals surface area contributed by atoms with Gasteiger partial charge in [-0.3, -0.25) is 28.6 Å². The van der Waals surface area contributed by atoms with Gasteiger partial charge in [-0.05, 0) is 41.5 Å². The van der Waals surface area contributed by atoms with E-state index in [0.29, 0.717) is 0 Å². The van der Waals surface area contributed by atoms with Crippen molar-refractivity contribution >= 4 is 31.3 Å². The highest BCUT2D eigenvalue weighted by molar-refractivity contribution is 7.54. The molecule has 1 saturated heterocycles. The Morgan fingerprint density at radius 2 is 1.55 bits per heavy atom. The fraction of sp³-hybridized carbons (Fsp3) is 0.739. The third kappa shape index (κ3) is 7.90. The first-order valence-corrected chi connectivity index (χ1v) is 14.2. The van der Waals surface area contributed by atoms with Gasteiger partial charge < -0.3 is 23.8 Å². The molecule has 2 aliphatic rings. The second-order valence-electron chi connectivity index (χ2n) is 10.2. The number of amides is 1. The summed E-state index contributed by atoms with van der Waals surface area (Å²) in [6.07, 6.45) is -12.9. The number of Topliss-reactive ketones (excluding diaryl/α,β-unsaturated/α-hetero) is 1. The summed E-state index contributed by atoms with van der Waals surface area (Å²) in [4.78, 5) is 48.0. The fourth-order valence-corrected chi connectivity index (χ4v) is 5.60. The Balaban J connectivity index is 2.43. The van der Waals surface area contributed by atoms with E-state index in [0.717, 1.165) is 13.8 Å². The minimum absolute atomic E-state index is 0.0277. The number of ketones is 1. The molecule has 0 bridgehead atoms. The highest BCUT2D eigenvalue weighted by Crippen LogP contribution is 2.50. The van der Waals surface area contributed by atoms with Crippen molar-refractivity contribution < 1.29 is 69.5 Å². The van der Waals surface area contributed by atoms with Crippen LogP contribution in [0.15, 0.2) is 12.0 Å². The van der Waals surface area contributed by atoms with Gasteiger partial charge in [-0.25, -0.2) is 23.3 Å². The number of nitrogens with zero attached hydrogens (tertiary/aromatic N) is 1. The van der Waals surface area contributed by atoms with Gasteiger partial charge in [0.2, 0.25) is 17.9 Å². The first-order valence-electron chi connectivity index (χ1n) is 12.6. The van der Waals surface area contributed by atoms with Crippen LogP contribution >= 0.6 is 7.67 Å². The SMILES string of the molecule is CC(C)OC(=O)[C@H](C)NP(=O)(N[C@@H](C)C(=O)OC(C)C)OC[C@@]1(C(F)F)O[C@@H](N2C=C(F)C(=O)CC2=O)C(F)(F)[C@@H]1O. The lowest BCUT2D eigenvalue weighted by Gasteiger charge is -2.34. The van der Waals surface area contributed by atoms with Crippen LogP contribution in [-0.2, 0) is 42.5 Å². The summed E-state index contributed by atoms with van der Waals surface area (Å²) < 4.78 is 106. The predicted molar refractivity (Wildman–Crippen MR) is 131 cm³/mol. The number of carbonyl (C=O) groups is 4. The lowest BCUT2D eigenvalue weighted by Crippen LogP contribution is -2.55. The molecule has 0 aromatic carbocycles. The van der Waals surface area contributed by atoms with Gasteiger partial charge in [0.1, 0.15) is 12.1 Å². The smallest absolute Gasteiger partial charge is 0.342 e. The lowest BCUT2D eigenvalue weighted by molar-refractivity contribution is -0.201. The molecule has 240 valence electrons. The zero-order valence-corrected chi connectivity index (χ0v) is 24.3. The summed E-state index contributed by atoms with van der Waals surface area (Å²) in [5.41, 5.74) is -3.69. The van der Waals surface area contributed by atoms with Crippen LogP contribution in [0.25, 0.3) is 0 Å². The van der Waals surface area contributed by atoms with Crippen LogP contribution in [0.3, 0.4) is 0 Å². The van der Waals surface area contributed by atoms with Crippen molar-refractivity contribution in [2.24, 2.45) is 0 Å². The van der Waals surface area contributed by atoms with Crippen LogP contribution in [0.2, 0.25) is 0 Å². The normalized spacial score (nSPS) is 26.1. The van der Waals surface area contributed by atoms with Crippen LogP contribution < -0.4 is 10.2 Å². The van der Waals surface area contributed by atoms with Crippen molar-refractivity contribution in [3.05, 3.63) is 12.0 Å². The Bertz CT molecular complexity index is 1110. The van der Waals surface area contributed by atoms with Gasteiger partial charge in [0.15, 0.2) is 17.5 Å². The summed E-state index contributed by atoms with van der Waals surface area (Å²) >= 11 is 0. The van der Waals surface area contributed by atoms with Gasteiger partial charge in [-0.2, -0.15) is 8.78 Å². The fourth-order valence-electron chi connectivity index (χ4n) is 3.77. The number of alkyl halides is 4. The Labute approximate surface area is 237 Å². The Morgan fingerprint density at radius 1 is 1.07 bits per heavy atom. The average molecular weight is 637 g/mol. The third-order valence-electron chi connectivity index (χ3n) is 5.84. The van der Waals surface area contributed by atoms with Crippen LogP contribution in [0.4, 0.5) is 22.0 Å². The number of nitrogens with one attached hydrogen (secondary N) is 2. The Kier molecular flexibility index (Phi) is 11.4. The molecule has 0 aromatic rings. The molecule has 2 heterocycles. The lowest BCUT2D eigenvalue weighted by atomic mass is 9.95. The highest BCUT2D eigenvalue weighted by atomic mass is 31.2. The van der Waals surface area contributed by atoms with Gasteiger partial charge in [0.05, 0.1) is 25.2 Å². The summed E-state index contributed by atoms with van der Waals surface area (Å²) in [5.74, 6) is -11.1. The molecule has 13 nitrogen and oxygen atoms in total. The van der Waals surface area contributed by atoms with E-state index in [2.05, 4.69) is 10.2 Å². The zero-order valence-electron chi connectivity index (χ0n) is 23.4. The van der Waals surface area contributed by atoms with E-state index < -0.39 is 105 Å². The highest BCUT2D eigenvalue weighted by Gasteiger charge is 2.72. The summed E-state index contributed by atoms with van der Waals surface area (Å²) in [6.45, 7) is 6.47. The van der Waals surface area contributed by atoms with E-state index in [9.17, 15) is 42.0 Å². The van der Waals surface area contributed by atoms with Gasteiger partial charge in [0, 0.05) is 6.20 Å². The van der Waals surface area contributed by atoms with Crippen LogP contribution in [-0.4, -0.2) is 94.8 Å². The molecule has 2 aliphatic heterocycles. The first-order chi connectivity index (χ1) is 19.2. The number of halogens is 5. The minimum atomic E-state index is -4.88. The van der Waals surface area contributed by atoms with Gasteiger partial charge in [-0.1, -0.05) is 0 Å². The molecule has 42 heavy (non-hydrogen) atoms. The number of rotatable bonds is 13. The van der Waals surface area contributed by atoms with Crippen molar-refractivity contribution in [3.8, 4) is 0 Å². The number of ether oxygens (including phenoxy) is 3. The number of allylic oxidation sites excluding steroid dienone is 1. The molecule has 3 N–H and O–H groups in total. The third-order valence-corrected chi connectivity index (χ3v) is 7.79. The molecule has 0 saturated carbocycles. The van der Waals surface area contributed by atoms with E-state index >= 15 is 8.78 Å². The molecule has 19 heteroatoms. The van der Waals surface area contributed by atoms with Crippen LogP contribution in [0.5, 0.6) is 0 Å². The predicted octanol–water partition coefficient (Wildman–Crippen LogP) is 1.94. The summed E-state index contributed by atoms with van der Waals surface area (Å²) in [6, 6.07) is -2.97. The van der Waals surface area contributed by atoms with Crippen molar-refractivity contribution in [1.29, 1.82) is 0 Å². The second-order valence-corrected chi connectivity index (χ2v) is 12.1. The van der Waals surface area contributed by atoms with Gasteiger partial charge >= 0.3 is 25.5 Å². The summed E-state index contributed by atoms with van der Waals surface area (Å²) in [5, 5.41) is 14.7. The van der Waals surface area contributed by atoms with Crippen molar-refractivity contribution in [3.63, 3.8) is 0 Å². The second kappa shape index (κ2) is 13.4. The average Bonchev–Trinajstić information content (AvgIpc) is 3.05. The minimum Gasteiger partial charge on any atom is -0.462 e. The number of hydrogen-bond donors (Lipinski definition) is 3. The van der Waals surface area contributed by atoms with E-state index in [-0.39, 0.29) is 11.1 Å². The standard InChI is InChI=1S/C23H33F5N3O10P/c1-10(2)39-17(34)12(5)29-42(37,30-13(6)18(35)40-11(3)4)38-9-22(20(25)26)19(36)23(27,28)21(41-22)31-8-14(24)15(32)7-16(31)33/h8,10-13,19-21,36H,7,9H2,1-6H3,(H2,29,30,37)/t12-,13-,19+,21+,22+/m0/s1. The maximum Gasteiger partial charge on any atom is 0.342 e. The molecule has 0 aliphatic carbocycles. The molecule has 5 atom stereocenters. The van der Waals surface area contributed by atoms with E-state index in [1.807, 2.05) is 0 Å². The molecule has 1 amide bonds. The quantitative estimate of drug-likeness (QED) is 0.116. The van der Waals surface area contributed by atoms with Crippen molar-refractivity contribution in [1.82, 2.24) is 15.1 Å². The summed E-state index contributed by atoms with van der Waals surface area (Å²) in [7, 11) is -4.88. The Hall–Kier alpha value is -2.50. The topological polar surface area (TPSA) is 170 Å². The number of aliphatic hydroxyl groups is 1. The van der Waals surface area contributed by atoms with E-state index in [4.69, 9.17) is 18.7 Å². The number of carbonyl (C=O) groups excluding carboxylic acids is 4. The van der Waals surface area contributed by atoms with Crippen LogP contribution in [0.1, 0.15) is 48.0 Å². The van der Waals surface area contributed by atoms with Crippen molar-refractivity contribution in [2.45, 2.75) is 103 Å². The largest absolute Gasteiger partial charge is 0.462 e. The number of aliphatic hydroxyl groups excluding tert-OH is 1. The maximum atomic E-state index is 15.1. The molecule has 0 spiro atoms. The molecule has 0 radical (unpaired) electrons. The molecular formula is C23H33F5N3O10P. The Morgan fingerprint density at radius 3 is 1.98 bits per heavy atom. The van der Waals surface area contributed by atoms with Gasteiger partial charge in [-0.15, -0.1) is 0 Å². The molecule has 2 rings (SSSR count). The van der Waals surface area contributed by atoms with E-state index in [1.54, 1.807) is 0 Å². The molecule has 1 fully saturated rings. The first kappa shape index (κ1) is 35.7. The number of hydrogen-bond acceptors (Lipinski definition) is 10. The molecular weight excluding hydrogens is 604 g/mol. The molecule has 0 aromatic heterocycles. The monoisotopic (exact) mass is 637 g/mol. The van der Waals surface area contributed by atoms with E-state index in [1.165, 1.54) is 27.7 Å².